The Bertz CT molecular complexity index is 536. The first kappa shape index (κ1) is 13.8. The number of hydrogen-bond donors (Lipinski definition) is 2. The van der Waals surface area contributed by atoms with Gasteiger partial charge in [0, 0.05) is 18.6 Å². The molecule has 2 N–H and O–H groups in total. The van der Waals surface area contributed by atoms with Crippen LogP contribution < -0.4 is 10.6 Å². The van der Waals surface area contributed by atoms with Crippen molar-refractivity contribution in [2.75, 3.05) is 6.54 Å². The van der Waals surface area contributed by atoms with Crippen LogP contribution in [0.4, 0.5) is 0 Å². The summed E-state index contributed by atoms with van der Waals surface area (Å²) in [5, 5.41) is 11.7. The maximum absolute atomic E-state index is 3.82. The van der Waals surface area contributed by atoms with E-state index in [0.29, 0.717) is 12.1 Å². The minimum Gasteiger partial charge on any atom is -0.313 e. The Balaban J connectivity index is 1.70. The second-order valence-electron chi connectivity index (χ2n) is 5.62. The lowest BCUT2D eigenvalue weighted by atomic mass is 9.98. The Labute approximate surface area is 125 Å². The molecular formula is C17H22N2S. The molecule has 3 heteroatoms. The van der Waals surface area contributed by atoms with Gasteiger partial charge in [-0.1, -0.05) is 24.3 Å². The summed E-state index contributed by atoms with van der Waals surface area (Å²) < 4.78 is 0. The number of nitrogens with one attached hydrogen (secondary N) is 2. The summed E-state index contributed by atoms with van der Waals surface area (Å²) in [6, 6.07) is 12.0. The average molecular weight is 286 g/mol. The predicted molar refractivity (Wildman–Crippen MR) is 86.1 cm³/mol. The first-order valence-corrected chi connectivity index (χ1v) is 8.33. The van der Waals surface area contributed by atoms with Crippen molar-refractivity contribution in [2.45, 2.75) is 38.4 Å². The van der Waals surface area contributed by atoms with Crippen LogP contribution in [0, 0.1) is 0 Å². The van der Waals surface area contributed by atoms with E-state index >= 15 is 0 Å². The van der Waals surface area contributed by atoms with Crippen LogP contribution in [0.3, 0.4) is 0 Å². The lowest BCUT2D eigenvalue weighted by Gasteiger charge is -2.23. The molecule has 1 aliphatic heterocycles. The molecule has 3 rings (SSSR count). The van der Waals surface area contributed by atoms with Gasteiger partial charge in [-0.2, -0.15) is 11.3 Å². The van der Waals surface area contributed by atoms with Crippen molar-refractivity contribution in [1.29, 1.82) is 0 Å². The molecule has 0 radical (unpaired) electrons. The second kappa shape index (κ2) is 6.53. The van der Waals surface area contributed by atoms with E-state index in [1.165, 1.54) is 16.7 Å². The molecule has 0 bridgehead atoms. The third kappa shape index (κ3) is 3.29. The van der Waals surface area contributed by atoms with Crippen LogP contribution in [0.25, 0.3) is 0 Å². The topological polar surface area (TPSA) is 24.1 Å². The molecule has 0 saturated heterocycles. The summed E-state index contributed by atoms with van der Waals surface area (Å²) in [5.74, 6) is 0. The normalized spacial score (nSPS) is 20.1. The zero-order valence-corrected chi connectivity index (χ0v) is 12.7. The molecule has 2 aromatic rings. The molecule has 0 saturated carbocycles. The number of fused-ring (bicyclic) bond motifs is 1. The molecular weight excluding hydrogens is 264 g/mol. The number of rotatable bonds is 4. The van der Waals surface area contributed by atoms with Gasteiger partial charge in [-0.15, -0.1) is 0 Å². The summed E-state index contributed by atoms with van der Waals surface area (Å²) in [5.41, 5.74) is 4.34. The third-order valence-corrected chi connectivity index (χ3v) is 4.70. The molecule has 106 valence electrons. The quantitative estimate of drug-likeness (QED) is 0.899. The standard InChI is InChI=1S/C17H22N2S/c1-13(10-14-7-9-20-12-14)19-17-6-8-18-11-15-4-2-3-5-16(15)17/h2-5,7,9,12-13,17-19H,6,8,10-11H2,1H3. The minimum atomic E-state index is 0.467. The fourth-order valence-corrected chi connectivity index (χ4v) is 3.68. The minimum absolute atomic E-state index is 0.467. The monoisotopic (exact) mass is 286 g/mol. The van der Waals surface area contributed by atoms with Gasteiger partial charge in [0.1, 0.15) is 0 Å². The number of thiophene rings is 1. The van der Waals surface area contributed by atoms with Gasteiger partial charge < -0.3 is 10.6 Å². The SMILES string of the molecule is CC(Cc1ccsc1)NC1CCNCc2ccccc21. The van der Waals surface area contributed by atoms with Gasteiger partial charge in [0.25, 0.3) is 0 Å². The molecule has 2 nitrogen and oxygen atoms in total. The maximum Gasteiger partial charge on any atom is 0.0337 e. The van der Waals surface area contributed by atoms with Gasteiger partial charge in [0.2, 0.25) is 0 Å². The molecule has 1 aromatic heterocycles. The van der Waals surface area contributed by atoms with E-state index in [1.54, 1.807) is 11.3 Å². The Morgan fingerprint density at radius 2 is 2.25 bits per heavy atom. The lowest BCUT2D eigenvalue weighted by molar-refractivity contribution is 0.432. The Morgan fingerprint density at radius 1 is 1.35 bits per heavy atom. The van der Waals surface area contributed by atoms with E-state index in [-0.39, 0.29) is 0 Å². The van der Waals surface area contributed by atoms with Crippen LogP contribution in [-0.4, -0.2) is 12.6 Å². The Kier molecular flexibility index (Phi) is 4.51. The van der Waals surface area contributed by atoms with Crippen LogP contribution in [0.1, 0.15) is 36.1 Å². The van der Waals surface area contributed by atoms with E-state index in [0.717, 1.165) is 25.9 Å². The smallest absolute Gasteiger partial charge is 0.0337 e. The van der Waals surface area contributed by atoms with Crippen molar-refractivity contribution in [3.8, 4) is 0 Å². The molecule has 2 heterocycles. The zero-order valence-electron chi connectivity index (χ0n) is 11.9. The van der Waals surface area contributed by atoms with E-state index < -0.39 is 0 Å². The first-order chi connectivity index (χ1) is 9.83. The van der Waals surface area contributed by atoms with Crippen LogP contribution in [-0.2, 0) is 13.0 Å². The largest absolute Gasteiger partial charge is 0.313 e. The van der Waals surface area contributed by atoms with E-state index in [4.69, 9.17) is 0 Å². The van der Waals surface area contributed by atoms with Crippen molar-refractivity contribution in [3.63, 3.8) is 0 Å². The van der Waals surface area contributed by atoms with Crippen LogP contribution >= 0.6 is 11.3 Å². The number of benzene rings is 1. The van der Waals surface area contributed by atoms with E-state index in [9.17, 15) is 0 Å². The van der Waals surface area contributed by atoms with Gasteiger partial charge in [-0.05, 0) is 59.8 Å². The molecule has 0 fully saturated rings. The second-order valence-corrected chi connectivity index (χ2v) is 6.40. The molecule has 2 atom stereocenters. The van der Waals surface area contributed by atoms with E-state index in [1.807, 2.05) is 0 Å². The summed E-state index contributed by atoms with van der Waals surface area (Å²) in [4.78, 5) is 0. The van der Waals surface area contributed by atoms with Crippen molar-refractivity contribution in [2.24, 2.45) is 0 Å². The summed E-state index contributed by atoms with van der Waals surface area (Å²) >= 11 is 1.78. The molecule has 0 aliphatic carbocycles. The molecule has 0 amide bonds. The predicted octanol–water partition coefficient (Wildman–Crippen LogP) is 3.50. The van der Waals surface area contributed by atoms with Gasteiger partial charge in [0.15, 0.2) is 0 Å². The fourth-order valence-electron chi connectivity index (χ4n) is 3.00. The van der Waals surface area contributed by atoms with Crippen LogP contribution in [0.5, 0.6) is 0 Å². The fraction of sp³-hybridized carbons (Fsp3) is 0.412. The van der Waals surface area contributed by atoms with Crippen molar-refractivity contribution >= 4 is 11.3 Å². The Hall–Kier alpha value is -1.16. The van der Waals surface area contributed by atoms with Crippen LogP contribution in [0.2, 0.25) is 0 Å². The van der Waals surface area contributed by atoms with Crippen molar-refractivity contribution in [3.05, 3.63) is 57.8 Å². The average Bonchev–Trinajstić information content (AvgIpc) is 2.87. The van der Waals surface area contributed by atoms with Gasteiger partial charge in [-0.3, -0.25) is 0 Å². The molecule has 2 unspecified atom stereocenters. The van der Waals surface area contributed by atoms with Crippen molar-refractivity contribution < 1.29 is 0 Å². The summed E-state index contributed by atoms with van der Waals surface area (Å²) in [6.07, 6.45) is 2.26. The highest BCUT2D eigenvalue weighted by atomic mass is 32.1. The highest BCUT2D eigenvalue weighted by molar-refractivity contribution is 7.07. The number of hydrogen-bond acceptors (Lipinski definition) is 3. The van der Waals surface area contributed by atoms with Gasteiger partial charge >= 0.3 is 0 Å². The summed E-state index contributed by atoms with van der Waals surface area (Å²) in [6.45, 7) is 4.36. The summed E-state index contributed by atoms with van der Waals surface area (Å²) in [7, 11) is 0. The maximum atomic E-state index is 3.82. The van der Waals surface area contributed by atoms with Gasteiger partial charge in [0.05, 0.1) is 0 Å². The van der Waals surface area contributed by atoms with Crippen molar-refractivity contribution in [1.82, 2.24) is 10.6 Å². The van der Waals surface area contributed by atoms with E-state index in [2.05, 4.69) is 58.6 Å². The Morgan fingerprint density at radius 3 is 3.10 bits per heavy atom. The third-order valence-electron chi connectivity index (χ3n) is 3.96. The van der Waals surface area contributed by atoms with Gasteiger partial charge in [-0.25, -0.2) is 0 Å². The highest BCUT2D eigenvalue weighted by Gasteiger charge is 2.19. The molecule has 20 heavy (non-hydrogen) atoms. The molecule has 1 aliphatic rings. The zero-order chi connectivity index (χ0) is 13.8. The van der Waals surface area contributed by atoms with Crippen LogP contribution in [0.15, 0.2) is 41.1 Å². The molecule has 0 spiro atoms. The lowest BCUT2D eigenvalue weighted by Crippen LogP contribution is -2.33. The first-order valence-electron chi connectivity index (χ1n) is 7.38. The molecule has 1 aromatic carbocycles. The highest BCUT2D eigenvalue weighted by Crippen LogP contribution is 2.24.